The van der Waals surface area contributed by atoms with Crippen molar-refractivity contribution in [3.8, 4) is 0 Å². The topological polar surface area (TPSA) is 85.3 Å². The molecule has 3 saturated heterocycles. The number of ether oxygens (including phenoxy) is 3. The molecule has 4 saturated carbocycles. The fraction of sp³-hybridized carbons (Fsp3) is 0.769. The number of ketones is 2. The second-order valence-corrected chi connectivity index (χ2v) is 12.5. The van der Waals surface area contributed by atoms with E-state index in [0.717, 1.165) is 12.0 Å². The first-order chi connectivity index (χ1) is 15.3. The monoisotopic (exact) mass is 457 g/mol. The van der Waals surface area contributed by atoms with Crippen molar-refractivity contribution < 1.29 is 28.9 Å². The van der Waals surface area contributed by atoms with E-state index in [0.29, 0.717) is 18.4 Å². The van der Waals surface area contributed by atoms with Gasteiger partial charge in [0.15, 0.2) is 17.4 Å². The van der Waals surface area contributed by atoms with Gasteiger partial charge in [-0.05, 0) is 50.0 Å². The molecular weight excluding hydrogens is 422 g/mol. The Balaban J connectivity index is 1.66. The van der Waals surface area contributed by atoms with Gasteiger partial charge in [0.25, 0.3) is 0 Å². The Bertz CT molecular complexity index is 1030. The number of Topliss-reactive ketones (excluding diaryl/α,β-unsaturated/α-hetero) is 2. The lowest BCUT2D eigenvalue weighted by Gasteiger charge is -2.76. The van der Waals surface area contributed by atoms with Crippen LogP contribution in [0, 0.1) is 34.0 Å². The molecule has 8 atom stereocenters. The third-order valence-electron chi connectivity index (χ3n) is 9.65. The van der Waals surface area contributed by atoms with Crippen LogP contribution in [0.5, 0.6) is 0 Å². The first kappa shape index (κ1) is 22.0. The molecule has 7 rings (SSSR count). The molecule has 4 aliphatic carbocycles. The second-order valence-electron chi connectivity index (χ2n) is 12.5. The second kappa shape index (κ2) is 5.99. The van der Waals surface area contributed by atoms with Gasteiger partial charge in [0.05, 0.1) is 18.1 Å². The molecular formula is C26H35NO6. The first-order valence-electron chi connectivity index (χ1n) is 12.1. The summed E-state index contributed by atoms with van der Waals surface area (Å²) in [4.78, 5) is 30.4. The molecule has 3 aliphatic heterocycles. The average Bonchev–Trinajstić information content (AvgIpc) is 2.81. The van der Waals surface area contributed by atoms with Crippen molar-refractivity contribution in [3.63, 3.8) is 0 Å². The van der Waals surface area contributed by atoms with Crippen LogP contribution >= 0.6 is 0 Å². The van der Waals surface area contributed by atoms with Crippen LogP contribution < -0.4 is 0 Å². The maximum absolute atomic E-state index is 14.4. The Labute approximate surface area is 195 Å². The number of aliphatic hydroxyl groups is 1. The molecule has 0 unspecified atom stereocenters. The number of fused-ring (bicyclic) bond motifs is 1. The van der Waals surface area contributed by atoms with Crippen molar-refractivity contribution in [1.29, 1.82) is 0 Å². The fourth-order valence-corrected chi connectivity index (χ4v) is 9.10. The van der Waals surface area contributed by atoms with E-state index >= 15 is 0 Å². The fourth-order valence-electron chi connectivity index (χ4n) is 9.10. The number of nitrogens with zero attached hydrogens (tertiary/aromatic N) is 1. The number of hydrogen-bond acceptors (Lipinski definition) is 7. The van der Waals surface area contributed by atoms with Crippen LogP contribution in [0.1, 0.15) is 47.0 Å². The molecule has 0 radical (unpaired) electrons. The Morgan fingerprint density at radius 2 is 1.82 bits per heavy atom. The highest BCUT2D eigenvalue weighted by atomic mass is 16.8. The number of allylic oxidation sites excluding steroid dienone is 1. The summed E-state index contributed by atoms with van der Waals surface area (Å²) in [6, 6.07) is 0. The van der Waals surface area contributed by atoms with Gasteiger partial charge in [-0.2, -0.15) is 0 Å². The molecule has 180 valence electrons. The van der Waals surface area contributed by atoms with Gasteiger partial charge in [-0.1, -0.05) is 20.4 Å². The van der Waals surface area contributed by atoms with Crippen molar-refractivity contribution in [2.45, 2.75) is 70.7 Å². The van der Waals surface area contributed by atoms with E-state index in [1.165, 1.54) is 0 Å². The van der Waals surface area contributed by atoms with Crippen molar-refractivity contribution in [2.75, 3.05) is 20.7 Å². The van der Waals surface area contributed by atoms with E-state index in [1.54, 1.807) is 0 Å². The Morgan fingerprint density at radius 3 is 2.48 bits per heavy atom. The molecule has 7 heteroatoms. The third-order valence-corrected chi connectivity index (χ3v) is 9.65. The molecule has 4 bridgehead atoms. The van der Waals surface area contributed by atoms with Gasteiger partial charge >= 0.3 is 0 Å². The molecule has 7 nitrogen and oxygen atoms in total. The molecule has 33 heavy (non-hydrogen) atoms. The summed E-state index contributed by atoms with van der Waals surface area (Å²) in [5.74, 6) is -3.63. The number of carbonyl (C=O) groups excluding carboxylic acids is 2. The van der Waals surface area contributed by atoms with Gasteiger partial charge in [-0.15, -0.1) is 0 Å². The van der Waals surface area contributed by atoms with E-state index in [-0.39, 0.29) is 30.0 Å². The van der Waals surface area contributed by atoms with E-state index in [2.05, 4.69) is 20.4 Å². The lowest BCUT2D eigenvalue weighted by molar-refractivity contribution is -0.523. The largest absolute Gasteiger partial charge is 0.387 e. The molecule has 3 spiro atoms. The standard InChI is InChI=1S/C26H35NO6/c1-13-15-8-9-16-24-12-31-26(25(16,18(13)28)21(15)32-23(4,5)33-26)20(30)17(24)22(2,3)10-14(19(24)29)11-27(6)7/h11,15-17,20-21,30H,1,8-10,12H2,2-7H3/b14-11-/t15-,16-,17+,20-,21+,24-,25-,26-/m0/s1. The molecule has 7 aliphatic rings. The van der Waals surface area contributed by atoms with Crippen LogP contribution in [0.15, 0.2) is 23.9 Å². The van der Waals surface area contributed by atoms with Gasteiger partial charge in [-0.3, -0.25) is 9.59 Å². The molecule has 7 fully saturated rings. The van der Waals surface area contributed by atoms with Crippen LogP contribution in [0.3, 0.4) is 0 Å². The lowest BCUT2D eigenvalue weighted by atomic mass is 9.35. The van der Waals surface area contributed by atoms with Crippen molar-refractivity contribution in [1.82, 2.24) is 4.90 Å². The maximum Gasteiger partial charge on any atom is 0.213 e. The van der Waals surface area contributed by atoms with Crippen LogP contribution in [-0.4, -0.2) is 66.1 Å². The zero-order valence-electron chi connectivity index (χ0n) is 20.4. The molecule has 0 aromatic rings. The van der Waals surface area contributed by atoms with Crippen LogP contribution in [0.4, 0.5) is 0 Å². The molecule has 0 aromatic carbocycles. The van der Waals surface area contributed by atoms with Crippen LogP contribution in [0.25, 0.3) is 0 Å². The number of carbonyl (C=O) groups is 2. The van der Waals surface area contributed by atoms with Gasteiger partial charge in [0, 0.05) is 37.7 Å². The third kappa shape index (κ3) is 2.14. The summed E-state index contributed by atoms with van der Waals surface area (Å²) in [7, 11) is 3.81. The molecule has 3 heterocycles. The van der Waals surface area contributed by atoms with Gasteiger partial charge in [0.1, 0.15) is 11.5 Å². The minimum Gasteiger partial charge on any atom is -0.387 e. The van der Waals surface area contributed by atoms with Crippen LogP contribution in [0.2, 0.25) is 0 Å². The molecule has 0 amide bonds. The Morgan fingerprint density at radius 1 is 1.12 bits per heavy atom. The van der Waals surface area contributed by atoms with Crippen LogP contribution in [-0.2, 0) is 23.8 Å². The zero-order valence-corrected chi connectivity index (χ0v) is 20.4. The summed E-state index contributed by atoms with van der Waals surface area (Å²) in [5, 5.41) is 12.1. The summed E-state index contributed by atoms with van der Waals surface area (Å²) in [5.41, 5.74) is -1.43. The summed E-state index contributed by atoms with van der Waals surface area (Å²) in [6.45, 7) is 12.2. The maximum atomic E-state index is 14.4. The van der Waals surface area contributed by atoms with Crippen molar-refractivity contribution in [2.24, 2.45) is 34.0 Å². The number of aliphatic hydroxyl groups excluding tert-OH is 1. The Kier molecular flexibility index (Phi) is 3.98. The smallest absolute Gasteiger partial charge is 0.213 e. The van der Waals surface area contributed by atoms with E-state index in [9.17, 15) is 14.7 Å². The highest BCUT2D eigenvalue weighted by Gasteiger charge is 2.90. The predicted molar refractivity (Wildman–Crippen MR) is 119 cm³/mol. The number of rotatable bonds is 1. The van der Waals surface area contributed by atoms with Crippen molar-refractivity contribution >= 4 is 11.6 Å². The SMILES string of the molecule is C=C1C(=O)[C@@]23[C@@H]4OC(C)(C)O[C@]25OC[C@]2(C(=O)/C(=C\N(C)C)CC(C)(C)[C@H]2[C@@H]5O)[C@@H]3CC[C@@H]14. The quantitative estimate of drug-likeness (QED) is 0.606. The summed E-state index contributed by atoms with van der Waals surface area (Å²) < 4.78 is 19.5. The first-order valence-corrected chi connectivity index (χ1v) is 12.1. The predicted octanol–water partition coefficient (Wildman–Crippen LogP) is 2.44. The molecule has 0 aromatic heterocycles. The highest BCUT2D eigenvalue weighted by Crippen LogP contribution is 2.78. The van der Waals surface area contributed by atoms with Crippen molar-refractivity contribution in [3.05, 3.63) is 23.9 Å². The van der Waals surface area contributed by atoms with E-state index in [1.807, 2.05) is 39.0 Å². The summed E-state index contributed by atoms with van der Waals surface area (Å²) in [6.07, 6.45) is 2.21. The summed E-state index contributed by atoms with van der Waals surface area (Å²) >= 11 is 0. The van der Waals surface area contributed by atoms with Gasteiger partial charge in [0.2, 0.25) is 5.79 Å². The highest BCUT2D eigenvalue weighted by molar-refractivity contribution is 6.08. The van der Waals surface area contributed by atoms with Gasteiger partial charge < -0.3 is 24.2 Å². The normalized spacial score (nSPS) is 52.0. The number of hydrogen-bond donors (Lipinski definition) is 1. The van der Waals surface area contributed by atoms with E-state index in [4.69, 9.17) is 14.2 Å². The van der Waals surface area contributed by atoms with E-state index < -0.39 is 45.9 Å². The van der Waals surface area contributed by atoms with Gasteiger partial charge in [-0.25, -0.2) is 0 Å². The minimum absolute atomic E-state index is 0.000374. The molecule has 1 N–H and O–H groups in total. The average molecular weight is 458 g/mol. The lowest BCUT2D eigenvalue weighted by Crippen LogP contribution is -2.88. The Hall–Kier alpha value is -1.54. The zero-order chi connectivity index (χ0) is 23.9. The minimum atomic E-state index is -1.55.